The molecule has 0 saturated heterocycles. The van der Waals surface area contributed by atoms with Gasteiger partial charge in [0.15, 0.2) is 17.3 Å². The number of methoxy groups -OCH3 is 2. The molecule has 30 heavy (non-hydrogen) atoms. The number of H-pyrrole nitrogens is 1. The lowest BCUT2D eigenvalue weighted by Crippen LogP contribution is -2.21. The number of phenolic OH excluding ortho intramolecular Hbond substituents is 1. The van der Waals surface area contributed by atoms with Crippen molar-refractivity contribution >= 4 is 24.1 Å². The van der Waals surface area contributed by atoms with E-state index in [-0.39, 0.29) is 5.75 Å². The molecule has 0 aliphatic rings. The molecule has 8 nitrogen and oxygen atoms in total. The second-order valence-corrected chi connectivity index (χ2v) is 6.78. The average molecular weight is 428 g/mol. The van der Waals surface area contributed by atoms with Gasteiger partial charge in [0.2, 0.25) is 4.77 Å². The third-order valence-electron chi connectivity index (χ3n) is 4.75. The minimum Gasteiger partial charge on any atom is -0.507 e. The molecule has 0 aliphatic carbocycles. The number of rotatable bonds is 8. The van der Waals surface area contributed by atoms with E-state index in [0.29, 0.717) is 27.7 Å². The van der Waals surface area contributed by atoms with Crippen LogP contribution in [0.25, 0.3) is 11.4 Å². The Labute approximate surface area is 180 Å². The standard InChI is InChI=1S/C21H25N5O3S/c1-5-25(6-2)16-9-7-15(17(27)12-16)13-22-26-20(23-24-21(26)30)14-8-10-18(28-3)19(11-14)29-4/h7-13,27H,5-6H2,1-4H3,(H,24,30). The van der Waals surface area contributed by atoms with E-state index in [2.05, 4.69) is 34.0 Å². The van der Waals surface area contributed by atoms with Crippen molar-refractivity contribution in [3.05, 3.63) is 46.7 Å². The predicted octanol–water partition coefficient (Wildman–Crippen LogP) is 4.06. The largest absolute Gasteiger partial charge is 0.507 e. The Bertz CT molecular complexity index is 1100. The van der Waals surface area contributed by atoms with Crippen LogP contribution in [0.1, 0.15) is 19.4 Å². The van der Waals surface area contributed by atoms with Crippen LogP contribution in [0.2, 0.25) is 0 Å². The molecule has 9 heteroatoms. The highest BCUT2D eigenvalue weighted by atomic mass is 32.1. The summed E-state index contributed by atoms with van der Waals surface area (Å²) in [5.41, 5.74) is 2.28. The first-order valence-electron chi connectivity index (χ1n) is 9.54. The van der Waals surface area contributed by atoms with Crippen molar-refractivity contribution < 1.29 is 14.6 Å². The fraction of sp³-hybridized carbons (Fsp3) is 0.286. The topological polar surface area (TPSA) is 87.9 Å². The Morgan fingerprint density at radius 3 is 2.50 bits per heavy atom. The zero-order chi connectivity index (χ0) is 21.7. The monoisotopic (exact) mass is 427 g/mol. The van der Waals surface area contributed by atoms with Crippen LogP contribution < -0.4 is 14.4 Å². The second-order valence-electron chi connectivity index (χ2n) is 6.39. The molecule has 1 heterocycles. The maximum atomic E-state index is 10.4. The van der Waals surface area contributed by atoms with Gasteiger partial charge in [-0.15, -0.1) is 0 Å². The number of aromatic amines is 1. The molecule has 0 unspecified atom stereocenters. The van der Waals surface area contributed by atoms with Crippen LogP contribution in [0.3, 0.4) is 0 Å². The summed E-state index contributed by atoms with van der Waals surface area (Å²) in [7, 11) is 3.15. The maximum Gasteiger partial charge on any atom is 0.216 e. The van der Waals surface area contributed by atoms with Crippen LogP contribution in [0.5, 0.6) is 17.2 Å². The summed E-state index contributed by atoms with van der Waals surface area (Å²) < 4.78 is 12.5. The van der Waals surface area contributed by atoms with Gasteiger partial charge in [0, 0.05) is 36.0 Å². The molecule has 0 spiro atoms. The quantitative estimate of drug-likeness (QED) is 0.416. The van der Waals surface area contributed by atoms with Gasteiger partial charge in [-0.25, -0.2) is 5.10 Å². The van der Waals surface area contributed by atoms with Crippen LogP contribution in [-0.2, 0) is 0 Å². The summed E-state index contributed by atoms with van der Waals surface area (Å²) in [6, 6.07) is 10.9. The van der Waals surface area contributed by atoms with Gasteiger partial charge in [-0.3, -0.25) is 0 Å². The van der Waals surface area contributed by atoms with Gasteiger partial charge < -0.3 is 19.5 Å². The molecule has 1 aromatic heterocycles. The van der Waals surface area contributed by atoms with E-state index in [9.17, 15) is 5.11 Å². The molecule has 3 aromatic rings. The van der Waals surface area contributed by atoms with Crippen molar-refractivity contribution in [2.24, 2.45) is 5.10 Å². The highest BCUT2D eigenvalue weighted by Gasteiger charge is 2.12. The van der Waals surface area contributed by atoms with Gasteiger partial charge in [-0.1, -0.05) is 0 Å². The van der Waals surface area contributed by atoms with Crippen LogP contribution in [0.4, 0.5) is 5.69 Å². The number of hydrogen-bond acceptors (Lipinski definition) is 7. The molecule has 2 N–H and O–H groups in total. The van der Waals surface area contributed by atoms with Crippen LogP contribution in [0.15, 0.2) is 41.5 Å². The first kappa shape index (κ1) is 21.4. The predicted molar refractivity (Wildman–Crippen MR) is 121 cm³/mol. The molecule has 0 atom stereocenters. The smallest absolute Gasteiger partial charge is 0.216 e. The van der Waals surface area contributed by atoms with Crippen molar-refractivity contribution in [2.75, 3.05) is 32.2 Å². The van der Waals surface area contributed by atoms with Crippen molar-refractivity contribution in [1.29, 1.82) is 0 Å². The number of ether oxygens (including phenoxy) is 2. The average Bonchev–Trinajstić information content (AvgIpc) is 3.13. The van der Waals surface area contributed by atoms with Crippen LogP contribution in [0, 0.1) is 4.77 Å². The fourth-order valence-electron chi connectivity index (χ4n) is 3.11. The lowest BCUT2D eigenvalue weighted by molar-refractivity contribution is 0.355. The molecule has 158 valence electrons. The number of aromatic hydroxyl groups is 1. The third-order valence-corrected chi connectivity index (χ3v) is 5.01. The Hall–Kier alpha value is -3.33. The van der Waals surface area contributed by atoms with Crippen molar-refractivity contribution in [1.82, 2.24) is 14.9 Å². The van der Waals surface area contributed by atoms with Crippen molar-refractivity contribution in [3.63, 3.8) is 0 Å². The van der Waals surface area contributed by atoms with Crippen LogP contribution >= 0.6 is 12.2 Å². The van der Waals surface area contributed by atoms with Gasteiger partial charge in [0.25, 0.3) is 0 Å². The Morgan fingerprint density at radius 1 is 1.13 bits per heavy atom. The number of aromatic nitrogens is 3. The zero-order valence-corrected chi connectivity index (χ0v) is 18.2. The minimum absolute atomic E-state index is 0.144. The summed E-state index contributed by atoms with van der Waals surface area (Å²) in [5.74, 6) is 1.84. The van der Waals surface area contributed by atoms with Crippen molar-refractivity contribution in [2.45, 2.75) is 13.8 Å². The Kier molecular flexibility index (Phi) is 6.73. The first-order chi connectivity index (χ1) is 14.5. The molecule has 0 aliphatic heterocycles. The van der Waals surface area contributed by atoms with Gasteiger partial charge in [-0.05, 0) is 56.4 Å². The lowest BCUT2D eigenvalue weighted by atomic mass is 10.2. The number of hydrogen-bond donors (Lipinski definition) is 2. The molecule has 3 rings (SSSR count). The van der Waals surface area contributed by atoms with Crippen LogP contribution in [-0.4, -0.2) is 53.5 Å². The minimum atomic E-state index is 0.144. The highest BCUT2D eigenvalue weighted by molar-refractivity contribution is 7.71. The van der Waals surface area contributed by atoms with Gasteiger partial charge in [0.1, 0.15) is 5.75 Å². The Balaban J connectivity index is 1.95. The third kappa shape index (κ3) is 4.30. The molecule has 0 bridgehead atoms. The number of anilines is 1. The second kappa shape index (κ2) is 9.45. The maximum absolute atomic E-state index is 10.4. The van der Waals surface area contributed by atoms with Gasteiger partial charge in [-0.2, -0.15) is 14.9 Å². The van der Waals surface area contributed by atoms with E-state index in [4.69, 9.17) is 21.7 Å². The summed E-state index contributed by atoms with van der Waals surface area (Å²) in [6.07, 6.45) is 1.55. The fourth-order valence-corrected chi connectivity index (χ4v) is 3.29. The Morgan fingerprint density at radius 2 is 1.87 bits per heavy atom. The molecular formula is C21H25N5O3S. The molecule has 0 saturated carbocycles. The molecule has 0 fully saturated rings. The summed E-state index contributed by atoms with van der Waals surface area (Å²) in [4.78, 5) is 2.15. The molecule has 2 aromatic carbocycles. The van der Waals surface area contributed by atoms with E-state index >= 15 is 0 Å². The summed E-state index contributed by atoms with van der Waals surface area (Å²) >= 11 is 5.32. The summed E-state index contributed by atoms with van der Waals surface area (Å²) in [5, 5.41) is 21.9. The molecule has 0 radical (unpaired) electrons. The number of nitrogens with zero attached hydrogens (tertiary/aromatic N) is 4. The van der Waals surface area contributed by atoms with E-state index in [0.717, 1.165) is 24.3 Å². The number of nitrogens with one attached hydrogen (secondary N) is 1. The van der Waals surface area contributed by atoms with E-state index in [1.54, 1.807) is 38.6 Å². The first-order valence-corrected chi connectivity index (χ1v) is 9.95. The number of benzene rings is 2. The van der Waals surface area contributed by atoms with Crippen molar-refractivity contribution in [3.8, 4) is 28.6 Å². The molecular weight excluding hydrogens is 402 g/mol. The van der Waals surface area contributed by atoms with Gasteiger partial charge >= 0.3 is 0 Å². The number of phenols is 1. The van der Waals surface area contributed by atoms with E-state index in [1.807, 2.05) is 18.2 Å². The normalized spacial score (nSPS) is 11.1. The SMILES string of the molecule is CCN(CC)c1ccc(C=Nn2c(-c3ccc(OC)c(OC)c3)n[nH]c2=S)c(O)c1. The van der Waals surface area contributed by atoms with E-state index in [1.165, 1.54) is 4.68 Å². The summed E-state index contributed by atoms with van der Waals surface area (Å²) in [6.45, 7) is 5.88. The lowest BCUT2D eigenvalue weighted by Gasteiger charge is -2.21. The molecule has 0 amide bonds. The van der Waals surface area contributed by atoms with Gasteiger partial charge in [0.05, 0.1) is 20.4 Å². The zero-order valence-electron chi connectivity index (χ0n) is 17.4. The highest BCUT2D eigenvalue weighted by Crippen LogP contribution is 2.31. The van der Waals surface area contributed by atoms with E-state index < -0.39 is 0 Å².